The van der Waals surface area contributed by atoms with E-state index in [-0.39, 0.29) is 17.8 Å². The molecule has 2 aliphatic rings. The minimum Gasteiger partial charge on any atom is -0.345 e. The van der Waals surface area contributed by atoms with E-state index >= 15 is 0 Å². The molecule has 6 nitrogen and oxygen atoms in total. The van der Waals surface area contributed by atoms with Gasteiger partial charge in [-0.05, 0) is 67.4 Å². The van der Waals surface area contributed by atoms with Gasteiger partial charge in [-0.15, -0.1) is 11.3 Å². The van der Waals surface area contributed by atoms with Gasteiger partial charge in [0.25, 0.3) is 0 Å². The highest BCUT2D eigenvalue weighted by Gasteiger charge is 2.47. The summed E-state index contributed by atoms with van der Waals surface area (Å²) in [6, 6.07) is 12.4. The quantitative estimate of drug-likeness (QED) is 0.536. The molecule has 1 saturated carbocycles. The summed E-state index contributed by atoms with van der Waals surface area (Å²) in [7, 11) is 1.68. The number of hydrogen-bond acceptors (Lipinski definition) is 5. The van der Waals surface area contributed by atoms with Gasteiger partial charge in [0.2, 0.25) is 5.91 Å². The third kappa shape index (κ3) is 4.97. The molecule has 7 heteroatoms. The van der Waals surface area contributed by atoms with Crippen LogP contribution in [0.2, 0.25) is 0 Å². The fourth-order valence-electron chi connectivity index (χ4n) is 5.10. The van der Waals surface area contributed by atoms with Crippen LogP contribution in [0.5, 0.6) is 0 Å². The highest BCUT2D eigenvalue weighted by atomic mass is 32.1. The van der Waals surface area contributed by atoms with Gasteiger partial charge >= 0.3 is 0 Å². The normalized spacial score (nSPS) is 24.3. The Balaban J connectivity index is 1.55. The lowest BCUT2D eigenvalue weighted by molar-refractivity contribution is -0.135. The van der Waals surface area contributed by atoms with Gasteiger partial charge in [-0.3, -0.25) is 15.1 Å². The Bertz CT molecular complexity index is 1050. The van der Waals surface area contributed by atoms with Crippen molar-refractivity contribution in [2.45, 2.75) is 63.5 Å². The van der Waals surface area contributed by atoms with Crippen LogP contribution >= 0.6 is 11.3 Å². The highest BCUT2D eigenvalue weighted by Crippen LogP contribution is 2.41. The van der Waals surface area contributed by atoms with Crippen molar-refractivity contribution in [1.29, 1.82) is 10.7 Å². The van der Waals surface area contributed by atoms with E-state index in [1.807, 2.05) is 25.1 Å². The van der Waals surface area contributed by atoms with Crippen molar-refractivity contribution in [3.8, 4) is 17.2 Å². The number of thiophene rings is 1. The lowest BCUT2D eigenvalue weighted by Gasteiger charge is -2.45. The standard InChI is InChI=1S/C26H33N5OS/c1-26(23-15-20(17-33-23)19-9-7-8-18(14-19)16-27)22(24(32)31(2)25(28)30-26)12-13-29-21-10-5-3-4-6-11-21/h7-9,14-15,17,21-22,29H,3-6,10-13H2,1-2H3,(H2,28,30)/t22?,26-/m0/s1. The highest BCUT2D eigenvalue weighted by molar-refractivity contribution is 7.10. The maximum atomic E-state index is 13.3. The number of nitriles is 1. The second kappa shape index (κ2) is 10.1. The van der Waals surface area contributed by atoms with E-state index in [4.69, 9.17) is 5.41 Å². The molecule has 1 aromatic heterocycles. The molecule has 0 bridgehead atoms. The van der Waals surface area contributed by atoms with Crippen LogP contribution in [0, 0.1) is 22.7 Å². The van der Waals surface area contributed by atoms with Gasteiger partial charge in [0.15, 0.2) is 5.96 Å². The van der Waals surface area contributed by atoms with Gasteiger partial charge in [-0.1, -0.05) is 37.8 Å². The number of rotatable bonds is 6. The minimum absolute atomic E-state index is 0.00894. The maximum Gasteiger partial charge on any atom is 0.234 e. The second-order valence-corrected chi connectivity index (χ2v) is 10.4. The van der Waals surface area contributed by atoms with E-state index in [0.717, 1.165) is 22.5 Å². The predicted octanol–water partition coefficient (Wildman–Crippen LogP) is 4.82. The molecule has 2 atom stereocenters. The van der Waals surface area contributed by atoms with Crippen LogP contribution < -0.4 is 10.6 Å². The fraction of sp³-hybridized carbons (Fsp3) is 0.500. The van der Waals surface area contributed by atoms with Gasteiger partial charge in [0.05, 0.1) is 23.1 Å². The van der Waals surface area contributed by atoms with Crippen molar-refractivity contribution in [3.05, 3.63) is 46.2 Å². The monoisotopic (exact) mass is 463 g/mol. The summed E-state index contributed by atoms with van der Waals surface area (Å²) in [5, 5.41) is 26.7. The molecule has 1 aromatic carbocycles. The van der Waals surface area contributed by atoms with Gasteiger partial charge in [0, 0.05) is 18.0 Å². The molecule has 1 unspecified atom stereocenters. The van der Waals surface area contributed by atoms with Gasteiger partial charge < -0.3 is 10.6 Å². The van der Waals surface area contributed by atoms with Crippen molar-refractivity contribution in [1.82, 2.24) is 15.5 Å². The Labute approximate surface area is 200 Å². The Morgan fingerprint density at radius 3 is 2.73 bits per heavy atom. The fourth-order valence-corrected chi connectivity index (χ4v) is 6.19. The summed E-state index contributed by atoms with van der Waals surface area (Å²) in [6.45, 7) is 2.84. The first-order valence-corrected chi connectivity index (χ1v) is 12.8. The smallest absolute Gasteiger partial charge is 0.234 e. The lowest BCUT2D eigenvalue weighted by Crippen LogP contribution is -2.63. The summed E-state index contributed by atoms with van der Waals surface area (Å²) in [5.74, 6) is -0.144. The molecule has 2 heterocycles. The number of nitrogens with zero attached hydrogens (tertiary/aromatic N) is 2. The summed E-state index contributed by atoms with van der Waals surface area (Å²) in [6.07, 6.45) is 8.36. The Kier molecular flexibility index (Phi) is 7.16. The lowest BCUT2D eigenvalue weighted by atomic mass is 9.79. The molecule has 0 radical (unpaired) electrons. The van der Waals surface area contributed by atoms with Crippen molar-refractivity contribution in [2.24, 2.45) is 5.92 Å². The summed E-state index contributed by atoms with van der Waals surface area (Å²) in [5.41, 5.74) is 1.99. The maximum absolute atomic E-state index is 13.3. The first kappa shape index (κ1) is 23.5. The zero-order chi connectivity index (χ0) is 23.4. The molecule has 3 N–H and O–H groups in total. The summed E-state index contributed by atoms with van der Waals surface area (Å²) >= 11 is 1.60. The number of amides is 1. The van der Waals surface area contributed by atoms with Crippen LogP contribution in [0.4, 0.5) is 0 Å². The molecule has 174 valence electrons. The summed E-state index contributed by atoms with van der Waals surface area (Å²) in [4.78, 5) is 15.8. The van der Waals surface area contributed by atoms with Crippen LogP contribution in [0.15, 0.2) is 35.7 Å². The largest absolute Gasteiger partial charge is 0.345 e. The first-order valence-electron chi connectivity index (χ1n) is 11.9. The van der Waals surface area contributed by atoms with Gasteiger partial charge in [0.1, 0.15) is 0 Å². The van der Waals surface area contributed by atoms with Crippen molar-refractivity contribution in [2.75, 3.05) is 13.6 Å². The number of carbonyl (C=O) groups is 1. The zero-order valence-corrected chi connectivity index (χ0v) is 20.3. The Hall–Kier alpha value is -2.69. The predicted molar refractivity (Wildman–Crippen MR) is 133 cm³/mol. The van der Waals surface area contributed by atoms with E-state index in [0.29, 0.717) is 18.0 Å². The van der Waals surface area contributed by atoms with Crippen LogP contribution in [-0.2, 0) is 10.3 Å². The van der Waals surface area contributed by atoms with Crippen LogP contribution in [-0.4, -0.2) is 36.4 Å². The van der Waals surface area contributed by atoms with E-state index in [9.17, 15) is 10.1 Å². The SMILES string of the molecule is CN1C(=N)N[C@](C)(c2cc(-c3cccc(C#N)c3)cs2)C(CCNC2CCCCCC2)C1=O. The van der Waals surface area contributed by atoms with E-state index < -0.39 is 5.54 Å². The molecular formula is C26H33N5OS. The third-order valence-electron chi connectivity index (χ3n) is 7.20. The van der Waals surface area contributed by atoms with Gasteiger partial charge in [-0.25, -0.2) is 0 Å². The first-order chi connectivity index (χ1) is 15.9. The molecule has 33 heavy (non-hydrogen) atoms. The van der Waals surface area contributed by atoms with Crippen LogP contribution in [0.3, 0.4) is 0 Å². The molecule has 1 aliphatic carbocycles. The topological polar surface area (TPSA) is 92.0 Å². The van der Waals surface area contributed by atoms with E-state index in [1.165, 1.54) is 43.4 Å². The average molecular weight is 464 g/mol. The summed E-state index contributed by atoms with van der Waals surface area (Å²) < 4.78 is 0. The number of nitrogens with one attached hydrogen (secondary N) is 3. The van der Waals surface area contributed by atoms with Crippen molar-refractivity contribution >= 4 is 23.2 Å². The number of guanidine groups is 1. The molecule has 4 rings (SSSR count). The molecular weight excluding hydrogens is 430 g/mol. The third-order valence-corrected chi connectivity index (χ3v) is 8.36. The molecule has 1 saturated heterocycles. The van der Waals surface area contributed by atoms with E-state index in [1.54, 1.807) is 24.5 Å². The number of benzene rings is 1. The van der Waals surface area contributed by atoms with Crippen LogP contribution in [0.25, 0.3) is 11.1 Å². The van der Waals surface area contributed by atoms with Crippen molar-refractivity contribution < 1.29 is 4.79 Å². The molecule has 0 spiro atoms. The minimum atomic E-state index is -0.651. The van der Waals surface area contributed by atoms with Crippen molar-refractivity contribution in [3.63, 3.8) is 0 Å². The Morgan fingerprint density at radius 2 is 2.00 bits per heavy atom. The average Bonchev–Trinajstić information content (AvgIpc) is 3.19. The molecule has 1 aliphatic heterocycles. The number of hydrogen-bond donors (Lipinski definition) is 3. The zero-order valence-electron chi connectivity index (χ0n) is 19.5. The number of carbonyl (C=O) groups excluding carboxylic acids is 1. The molecule has 2 fully saturated rings. The molecule has 1 amide bonds. The van der Waals surface area contributed by atoms with E-state index in [2.05, 4.69) is 28.1 Å². The van der Waals surface area contributed by atoms with Gasteiger partial charge in [-0.2, -0.15) is 5.26 Å². The Morgan fingerprint density at radius 1 is 1.24 bits per heavy atom. The van der Waals surface area contributed by atoms with Crippen LogP contribution in [0.1, 0.15) is 62.3 Å². The molecule has 2 aromatic rings. The second-order valence-electron chi connectivity index (χ2n) is 9.45.